The lowest BCUT2D eigenvalue weighted by atomic mass is 9.99. The fraction of sp³-hybridized carbons (Fsp3) is 0.500. The largest absolute Gasteiger partial charge is 0.502 e. The van der Waals surface area contributed by atoms with Crippen LogP contribution in [0.3, 0.4) is 0 Å². The van der Waals surface area contributed by atoms with Gasteiger partial charge in [0.1, 0.15) is 37.8 Å². The fourth-order valence-electron chi connectivity index (χ4n) is 3.97. The molecule has 0 radical (unpaired) electrons. The Balaban J connectivity index is 1.69. The molecule has 2 aromatic rings. The quantitative estimate of drug-likeness (QED) is 0.103. The van der Waals surface area contributed by atoms with Crippen molar-refractivity contribution in [2.45, 2.75) is 51.0 Å². The van der Waals surface area contributed by atoms with E-state index in [4.69, 9.17) is 28.4 Å². The molecule has 1 aliphatic heterocycles. The molecule has 5 atom stereocenters. The number of phenolic OH excluding ortho intramolecular Hbond substituents is 1. The summed E-state index contributed by atoms with van der Waals surface area (Å²) in [6.45, 7) is 4.36. The molecule has 14 nitrogen and oxygen atoms in total. The van der Waals surface area contributed by atoms with E-state index in [2.05, 4.69) is 19.2 Å². The van der Waals surface area contributed by atoms with Gasteiger partial charge in [0.2, 0.25) is 12.0 Å². The lowest BCUT2D eigenvalue weighted by molar-refractivity contribution is -0.277. The van der Waals surface area contributed by atoms with Gasteiger partial charge in [0.15, 0.2) is 23.0 Å². The molecule has 0 unspecified atom stereocenters. The third kappa shape index (κ3) is 8.14. The van der Waals surface area contributed by atoms with Crippen LogP contribution in [0, 0.1) is 5.92 Å². The van der Waals surface area contributed by atoms with Gasteiger partial charge in [-0.05, 0) is 49.2 Å². The van der Waals surface area contributed by atoms with Gasteiger partial charge < -0.3 is 54.0 Å². The number of carboxylic acids is 1. The van der Waals surface area contributed by atoms with E-state index in [0.717, 1.165) is 6.42 Å². The average molecular weight is 596 g/mol. The van der Waals surface area contributed by atoms with Crippen molar-refractivity contribution >= 4 is 11.9 Å². The summed E-state index contributed by atoms with van der Waals surface area (Å²) in [6, 6.07) is 6.23. The summed E-state index contributed by atoms with van der Waals surface area (Å²) in [5.41, 5.74) is -0.116. The summed E-state index contributed by atoms with van der Waals surface area (Å²) in [5.74, 6) is -1.95. The molecule has 0 aromatic heterocycles. The average Bonchev–Trinajstić information content (AvgIpc) is 2.96. The van der Waals surface area contributed by atoms with Crippen LogP contribution in [0.25, 0.3) is 0 Å². The smallest absolute Gasteiger partial charge is 0.338 e. The molecule has 42 heavy (non-hydrogen) atoms. The second-order valence-electron chi connectivity index (χ2n) is 9.90. The number of nitrogens with one attached hydrogen (secondary N) is 1. The molecule has 0 bridgehead atoms. The minimum atomic E-state index is -1.74. The number of aromatic carboxylic acids is 1. The second kappa shape index (κ2) is 14.9. The zero-order valence-electron chi connectivity index (χ0n) is 23.7. The Bertz CT molecular complexity index is 1220. The minimum absolute atomic E-state index is 0.00621. The molecular formula is C28H37NO13. The van der Waals surface area contributed by atoms with Crippen LogP contribution < -0.4 is 24.3 Å². The van der Waals surface area contributed by atoms with Crippen molar-refractivity contribution in [2.75, 3.05) is 34.1 Å². The van der Waals surface area contributed by atoms with E-state index in [-0.39, 0.29) is 46.6 Å². The highest BCUT2D eigenvalue weighted by molar-refractivity contribution is 5.91. The summed E-state index contributed by atoms with van der Waals surface area (Å²) >= 11 is 0. The van der Waals surface area contributed by atoms with Crippen LogP contribution in [0.4, 0.5) is 0 Å². The number of esters is 1. The fourth-order valence-corrected chi connectivity index (χ4v) is 3.97. The van der Waals surface area contributed by atoms with Crippen LogP contribution in [0.1, 0.15) is 41.0 Å². The van der Waals surface area contributed by atoms with Crippen LogP contribution in [-0.2, 0) is 9.47 Å². The third-order valence-electron chi connectivity index (χ3n) is 6.42. The predicted molar refractivity (Wildman–Crippen MR) is 145 cm³/mol. The summed E-state index contributed by atoms with van der Waals surface area (Å²) in [4.78, 5) is 24.1. The van der Waals surface area contributed by atoms with Crippen molar-refractivity contribution in [1.82, 2.24) is 5.32 Å². The van der Waals surface area contributed by atoms with Gasteiger partial charge in [-0.15, -0.1) is 0 Å². The van der Waals surface area contributed by atoms with Crippen molar-refractivity contribution in [2.24, 2.45) is 5.92 Å². The van der Waals surface area contributed by atoms with Gasteiger partial charge in [0.25, 0.3) is 0 Å². The Morgan fingerprint density at radius 2 is 1.60 bits per heavy atom. The Morgan fingerprint density at radius 3 is 2.24 bits per heavy atom. The Hall–Kier alpha value is -3.82. The van der Waals surface area contributed by atoms with Crippen molar-refractivity contribution < 1.29 is 63.5 Å². The number of hydrogen-bond donors (Lipinski definition) is 6. The number of phenols is 1. The molecule has 6 N–H and O–H groups in total. The number of rotatable bonds is 14. The number of methoxy groups -OCH3 is 2. The van der Waals surface area contributed by atoms with E-state index < -0.39 is 49.3 Å². The van der Waals surface area contributed by atoms with Crippen LogP contribution >= 0.6 is 0 Å². The number of aromatic hydroxyl groups is 1. The number of aliphatic hydroxyl groups is 3. The number of aliphatic hydroxyl groups excluding tert-OH is 3. The monoisotopic (exact) mass is 595 g/mol. The third-order valence-corrected chi connectivity index (χ3v) is 6.42. The van der Waals surface area contributed by atoms with Gasteiger partial charge in [-0.25, -0.2) is 9.59 Å². The highest BCUT2D eigenvalue weighted by Crippen LogP contribution is 2.38. The molecule has 0 amide bonds. The molecular weight excluding hydrogens is 558 g/mol. The molecule has 3 rings (SSSR count). The summed E-state index contributed by atoms with van der Waals surface area (Å²) in [7, 11) is 2.59. The molecule has 0 spiro atoms. The molecule has 1 aliphatic rings. The first-order chi connectivity index (χ1) is 20.0. The van der Waals surface area contributed by atoms with Gasteiger partial charge in [0.05, 0.1) is 25.3 Å². The van der Waals surface area contributed by atoms with Crippen LogP contribution in [0.2, 0.25) is 0 Å². The number of ether oxygens (including phenoxy) is 6. The van der Waals surface area contributed by atoms with Crippen molar-refractivity contribution in [1.29, 1.82) is 0 Å². The van der Waals surface area contributed by atoms with Crippen molar-refractivity contribution in [3.05, 3.63) is 41.5 Å². The van der Waals surface area contributed by atoms with Crippen molar-refractivity contribution in [3.63, 3.8) is 0 Å². The molecule has 1 saturated heterocycles. The summed E-state index contributed by atoms with van der Waals surface area (Å²) in [6.07, 6.45) is -7.08. The first-order valence-electron chi connectivity index (χ1n) is 13.2. The maximum atomic E-state index is 12.9. The van der Waals surface area contributed by atoms with Crippen LogP contribution in [0.15, 0.2) is 30.3 Å². The lowest BCUT2D eigenvalue weighted by Gasteiger charge is -2.40. The Kier molecular flexibility index (Phi) is 11.6. The number of carbonyl (C=O) groups excluding carboxylic acids is 1. The maximum Gasteiger partial charge on any atom is 0.338 e. The molecule has 2 aromatic carbocycles. The number of hydrogen-bond acceptors (Lipinski definition) is 13. The van der Waals surface area contributed by atoms with E-state index in [1.807, 2.05) is 0 Å². The van der Waals surface area contributed by atoms with E-state index in [9.17, 15) is 35.1 Å². The zero-order chi connectivity index (χ0) is 31.0. The van der Waals surface area contributed by atoms with E-state index in [1.54, 1.807) is 0 Å². The Morgan fingerprint density at radius 1 is 0.929 bits per heavy atom. The number of benzene rings is 2. The highest BCUT2D eigenvalue weighted by Gasteiger charge is 2.45. The number of carbonyl (C=O) groups is 2. The first kappa shape index (κ1) is 32.7. The minimum Gasteiger partial charge on any atom is -0.502 e. The van der Waals surface area contributed by atoms with E-state index >= 15 is 0 Å². The molecule has 14 heteroatoms. The second-order valence-corrected chi connectivity index (χ2v) is 9.90. The summed E-state index contributed by atoms with van der Waals surface area (Å²) in [5, 5.41) is 54.0. The normalized spacial score (nSPS) is 22.0. The van der Waals surface area contributed by atoms with Gasteiger partial charge in [-0.1, -0.05) is 13.8 Å². The van der Waals surface area contributed by atoms with E-state index in [0.29, 0.717) is 12.5 Å². The standard InChI is InChI=1S/C28H37NO13/c1-14(2)7-8-29-13-40-20-11-16(10-19(38-4)22(20)30)27(36)39-12-21-23(31)24(32)25(33)28(42-21)41-17-6-5-15(26(34)35)9-18(17)37-3/h5-6,9-11,14,21,23-25,28-33H,7-8,12-13H2,1-4H3,(H,34,35)/t21-,23+,24-,25+,28+/m0/s1. The van der Waals surface area contributed by atoms with Crippen LogP contribution in [-0.4, -0.2) is 102 Å². The number of carboxylic acid groups (broad SMARTS) is 1. The molecule has 0 saturated carbocycles. The van der Waals surface area contributed by atoms with Gasteiger partial charge in [0, 0.05) is 0 Å². The topological polar surface area (TPSA) is 203 Å². The lowest BCUT2D eigenvalue weighted by Crippen LogP contribution is -2.60. The van der Waals surface area contributed by atoms with Crippen LogP contribution in [0.5, 0.6) is 28.7 Å². The predicted octanol–water partition coefficient (Wildman–Crippen LogP) is 1.12. The zero-order valence-corrected chi connectivity index (χ0v) is 23.7. The molecule has 0 aliphatic carbocycles. The van der Waals surface area contributed by atoms with E-state index in [1.165, 1.54) is 44.6 Å². The SMILES string of the molecule is COc1cc(C(=O)O)ccc1O[C@@H]1O[C@@H](COC(=O)c2cc(OC)c(O)c(OCNCCC(C)C)c2)[C@@H](O)[C@H](O)[C@H]1O. The van der Waals surface area contributed by atoms with Crippen molar-refractivity contribution in [3.8, 4) is 28.7 Å². The highest BCUT2D eigenvalue weighted by atomic mass is 16.7. The molecule has 232 valence electrons. The summed E-state index contributed by atoms with van der Waals surface area (Å²) < 4.78 is 32.4. The Labute approximate surface area is 242 Å². The maximum absolute atomic E-state index is 12.9. The van der Waals surface area contributed by atoms with Gasteiger partial charge in [-0.2, -0.15) is 0 Å². The molecule has 1 fully saturated rings. The van der Waals surface area contributed by atoms with Gasteiger partial charge >= 0.3 is 11.9 Å². The molecule has 1 heterocycles. The van der Waals surface area contributed by atoms with Gasteiger partial charge in [-0.3, -0.25) is 5.32 Å². The first-order valence-corrected chi connectivity index (χ1v) is 13.2.